The van der Waals surface area contributed by atoms with Gasteiger partial charge in [-0.2, -0.15) is 0 Å². The van der Waals surface area contributed by atoms with Crippen molar-refractivity contribution in [1.82, 2.24) is 0 Å². The summed E-state index contributed by atoms with van der Waals surface area (Å²) < 4.78 is 0. The number of benzene rings is 1. The minimum Gasteiger partial charge on any atom is -0.554 e. The zero-order chi connectivity index (χ0) is 11.5. The first-order valence-corrected chi connectivity index (χ1v) is 5.08. The first-order valence-electron chi connectivity index (χ1n) is 5.08. The fraction of sp³-hybridized carbons (Fsp3) is 0.417. The molecule has 4 heteroatoms. The Balaban J connectivity index is 0. The van der Waals surface area contributed by atoms with Crippen LogP contribution in [-0.2, 0) is 11.2 Å². The number of phenols is 1. The van der Waals surface area contributed by atoms with Gasteiger partial charge in [-0.25, -0.2) is 0 Å². The first kappa shape index (κ1) is 18.5. The van der Waals surface area contributed by atoms with Crippen LogP contribution in [0.5, 0.6) is 5.75 Å². The third-order valence-electron chi connectivity index (χ3n) is 2.04. The van der Waals surface area contributed by atoms with Crippen molar-refractivity contribution in [3.05, 3.63) is 29.8 Å². The average Bonchev–Trinajstić information content (AvgIpc) is 2.22. The Bertz CT molecular complexity index is 277. The van der Waals surface area contributed by atoms with E-state index in [-0.39, 0.29) is 51.4 Å². The maximum atomic E-state index is 9.41. The number of rotatable bonds is 4. The Labute approximate surface area is 139 Å². The van der Waals surface area contributed by atoms with Crippen molar-refractivity contribution in [1.29, 1.82) is 0 Å². The van der Waals surface area contributed by atoms with Crippen LogP contribution in [0, 0.1) is 0 Å². The summed E-state index contributed by atoms with van der Waals surface area (Å²) in [5.74, 6) is 0.439. The Morgan fingerprint density at radius 3 is 2.38 bits per heavy atom. The van der Waals surface area contributed by atoms with Gasteiger partial charge in [0, 0.05) is 6.47 Å². The molecule has 1 aromatic rings. The number of aromatic hydroxyl groups is 1. The Morgan fingerprint density at radius 1 is 1.31 bits per heavy atom. The molecule has 0 saturated heterocycles. The normalized spacial score (nSPS) is 8.31. The molecule has 0 aliphatic carbocycles. The third-order valence-corrected chi connectivity index (χ3v) is 2.04. The Hall–Kier alpha value is 0.126. The maximum Gasteiger partial charge on any atom is 1.00 e. The van der Waals surface area contributed by atoms with Gasteiger partial charge in [-0.3, -0.25) is 0 Å². The van der Waals surface area contributed by atoms with Crippen molar-refractivity contribution in [3.8, 4) is 5.75 Å². The fourth-order valence-electron chi connectivity index (χ4n) is 1.29. The first-order chi connectivity index (χ1) is 7.26. The van der Waals surface area contributed by atoms with E-state index in [0.29, 0.717) is 5.75 Å². The second-order valence-corrected chi connectivity index (χ2v) is 3.18. The average molecular weight is 248 g/mol. The molecule has 0 saturated carbocycles. The summed E-state index contributed by atoms with van der Waals surface area (Å²) in [6.45, 7) is 1.69. The van der Waals surface area contributed by atoms with E-state index in [9.17, 15) is 5.11 Å². The number of para-hydroxylation sites is 1. The second kappa shape index (κ2) is 13.2. The van der Waals surface area contributed by atoms with Crippen LogP contribution in [0.4, 0.5) is 0 Å². The van der Waals surface area contributed by atoms with Crippen LogP contribution in [0.3, 0.4) is 0 Å². The minimum atomic E-state index is -0.500. The van der Waals surface area contributed by atoms with Crippen LogP contribution >= 0.6 is 0 Å². The van der Waals surface area contributed by atoms with Crippen molar-refractivity contribution in [2.75, 3.05) is 0 Å². The molecule has 0 heterocycles. The van der Waals surface area contributed by atoms with Crippen LogP contribution < -0.4 is 56.5 Å². The molecule has 84 valence electrons. The molecular weight excluding hydrogens is 231 g/mol. The van der Waals surface area contributed by atoms with E-state index in [1.807, 2.05) is 18.2 Å². The van der Waals surface area contributed by atoms with E-state index in [1.165, 1.54) is 19.3 Å². The van der Waals surface area contributed by atoms with E-state index in [1.54, 1.807) is 6.07 Å². The maximum absolute atomic E-state index is 9.41. The van der Waals surface area contributed by atoms with Crippen molar-refractivity contribution in [3.63, 3.8) is 0 Å². The SMILES string of the molecule is CCCCCc1ccccc1O.O=C[O-].[K+]. The van der Waals surface area contributed by atoms with E-state index in [4.69, 9.17) is 9.90 Å². The molecule has 1 rings (SSSR count). The summed E-state index contributed by atoms with van der Waals surface area (Å²) in [4.78, 5) is 8.25. The van der Waals surface area contributed by atoms with Crippen LogP contribution in [0.25, 0.3) is 0 Å². The molecule has 1 aromatic carbocycles. The number of unbranched alkanes of at least 4 members (excludes halogenated alkanes) is 2. The minimum absolute atomic E-state index is 0. The molecule has 0 aromatic heterocycles. The van der Waals surface area contributed by atoms with Gasteiger partial charge in [0.25, 0.3) is 0 Å². The van der Waals surface area contributed by atoms with Crippen molar-refractivity contribution >= 4 is 6.47 Å². The largest absolute Gasteiger partial charge is 1.00 e. The Morgan fingerprint density at radius 2 is 1.88 bits per heavy atom. The van der Waals surface area contributed by atoms with Crippen LogP contribution in [-0.4, -0.2) is 11.6 Å². The van der Waals surface area contributed by atoms with Crippen molar-refractivity contribution in [2.24, 2.45) is 0 Å². The van der Waals surface area contributed by atoms with Gasteiger partial charge in [0.1, 0.15) is 5.75 Å². The van der Waals surface area contributed by atoms with Gasteiger partial charge in [-0.05, 0) is 24.5 Å². The van der Waals surface area contributed by atoms with Crippen molar-refractivity contribution < 1.29 is 66.4 Å². The van der Waals surface area contributed by atoms with Gasteiger partial charge < -0.3 is 15.0 Å². The standard InChI is InChI=1S/C11H16O.CH2O2.K/c1-2-3-4-7-10-8-5-6-9-11(10)12;2-1-3;/h5-6,8-9,12H,2-4,7H2,1H3;1H,(H,2,3);/q;;+1/p-1. The summed E-state index contributed by atoms with van der Waals surface area (Å²) in [5.41, 5.74) is 1.07. The molecule has 0 spiro atoms. The van der Waals surface area contributed by atoms with Crippen LogP contribution in [0.2, 0.25) is 0 Å². The molecule has 0 atom stereocenters. The molecule has 0 bridgehead atoms. The second-order valence-electron chi connectivity index (χ2n) is 3.18. The molecule has 0 unspecified atom stereocenters. The zero-order valence-electron chi connectivity index (χ0n) is 9.98. The summed E-state index contributed by atoms with van der Waals surface area (Å²) >= 11 is 0. The summed E-state index contributed by atoms with van der Waals surface area (Å²) in [6.07, 6.45) is 4.65. The van der Waals surface area contributed by atoms with Gasteiger partial charge in [0.15, 0.2) is 0 Å². The van der Waals surface area contributed by atoms with E-state index in [0.717, 1.165) is 12.0 Å². The van der Waals surface area contributed by atoms with Crippen LogP contribution in [0.1, 0.15) is 31.7 Å². The van der Waals surface area contributed by atoms with Crippen molar-refractivity contribution in [2.45, 2.75) is 32.6 Å². The molecule has 16 heavy (non-hydrogen) atoms. The number of carbonyl (C=O) groups is 1. The predicted octanol–water partition coefficient (Wildman–Crippen LogP) is -1.50. The van der Waals surface area contributed by atoms with E-state index in [2.05, 4.69) is 6.92 Å². The molecule has 1 N–H and O–H groups in total. The predicted molar refractivity (Wildman–Crippen MR) is 57.4 cm³/mol. The van der Waals surface area contributed by atoms with Crippen LogP contribution in [0.15, 0.2) is 24.3 Å². The molecule has 0 radical (unpaired) electrons. The van der Waals surface area contributed by atoms with Gasteiger partial charge in [-0.15, -0.1) is 0 Å². The number of carbonyl (C=O) groups excluding carboxylic acids is 1. The molecule has 0 amide bonds. The fourth-order valence-corrected chi connectivity index (χ4v) is 1.29. The molecule has 3 nitrogen and oxygen atoms in total. The van der Waals surface area contributed by atoms with Gasteiger partial charge in [-0.1, -0.05) is 38.0 Å². The quantitative estimate of drug-likeness (QED) is 0.400. The van der Waals surface area contributed by atoms with Gasteiger partial charge in [0.05, 0.1) is 0 Å². The molecule has 0 fully saturated rings. The Kier molecular flexibility index (Phi) is 15.2. The molecule has 0 aliphatic heterocycles. The topological polar surface area (TPSA) is 60.4 Å². The van der Waals surface area contributed by atoms with Gasteiger partial charge >= 0.3 is 51.4 Å². The molecule has 0 aliphatic rings. The number of carboxylic acid groups (broad SMARTS) is 1. The number of hydrogen-bond acceptors (Lipinski definition) is 3. The third kappa shape index (κ3) is 9.36. The summed E-state index contributed by atoms with van der Waals surface area (Å²) in [5, 5.41) is 17.7. The number of aryl methyl sites for hydroxylation is 1. The number of phenolic OH excluding ortho intramolecular Hbond substituents is 1. The zero-order valence-corrected chi connectivity index (χ0v) is 13.1. The van der Waals surface area contributed by atoms with E-state index < -0.39 is 6.47 Å². The smallest absolute Gasteiger partial charge is 0.554 e. The van der Waals surface area contributed by atoms with E-state index >= 15 is 0 Å². The summed E-state index contributed by atoms with van der Waals surface area (Å²) in [7, 11) is 0. The van der Waals surface area contributed by atoms with Gasteiger partial charge in [0.2, 0.25) is 0 Å². The molecular formula is C12H17KO3. The number of hydrogen-bond donors (Lipinski definition) is 1. The monoisotopic (exact) mass is 248 g/mol. The summed E-state index contributed by atoms with van der Waals surface area (Å²) in [6, 6.07) is 7.58.